The second-order valence-electron chi connectivity index (χ2n) is 11.8. The van der Waals surface area contributed by atoms with Gasteiger partial charge in [0.2, 0.25) is 12.3 Å². The van der Waals surface area contributed by atoms with E-state index in [9.17, 15) is 31.1 Å². The van der Waals surface area contributed by atoms with Crippen LogP contribution in [0.25, 0.3) is 22.0 Å². The number of aromatic nitrogens is 2. The van der Waals surface area contributed by atoms with E-state index in [1.165, 1.54) is 28.1 Å². The highest BCUT2D eigenvalue weighted by atomic mass is 19.3. The van der Waals surface area contributed by atoms with Gasteiger partial charge in [-0.3, -0.25) is 14.7 Å². The second-order valence-corrected chi connectivity index (χ2v) is 11.8. The Balaban J connectivity index is 1.46. The average molecular weight is 706 g/mol. The van der Waals surface area contributed by atoms with E-state index in [0.717, 1.165) is 10.9 Å². The molecule has 1 N–H and O–H groups in total. The molecular weight excluding hydrogens is 671 g/mol. The molecule has 0 atom stereocenters. The summed E-state index contributed by atoms with van der Waals surface area (Å²) in [6.07, 6.45) is -2.44. The highest BCUT2D eigenvalue weighted by Gasteiger charge is 2.43. The lowest BCUT2D eigenvalue weighted by Gasteiger charge is -2.39. The first-order valence-corrected chi connectivity index (χ1v) is 15.5. The topological polar surface area (TPSA) is 89.4 Å². The number of nitrogens with one attached hydrogen (secondary N) is 1. The van der Waals surface area contributed by atoms with E-state index in [0.29, 0.717) is 29.0 Å². The number of fused-ring (bicyclic) bond motifs is 1. The van der Waals surface area contributed by atoms with Crippen LogP contribution in [0.4, 0.5) is 42.1 Å². The molecule has 0 radical (unpaired) electrons. The van der Waals surface area contributed by atoms with Crippen LogP contribution in [0.1, 0.15) is 24.1 Å². The van der Waals surface area contributed by atoms with Crippen molar-refractivity contribution in [3.63, 3.8) is 0 Å². The van der Waals surface area contributed by atoms with E-state index in [-0.39, 0.29) is 49.5 Å². The molecule has 1 amide bonds. The van der Waals surface area contributed by atoms with Gasteiger partial charge in [-0.2, -0.15) is 13.9 Å². The fourth-order valence-electron chi connectivity index (χ4n) is 6.00. The van der Waals surface area contributed by atoms with Gasteiger partial charge in [-0.1, -0.05) is 12.1 Å². The number of amides is 1. The SMILES string of the molecule is C=N/N=C(\OCC(F)F)c1ccc(CN(C)c2cc(F)c(-c3cccc4[nH]ccc34)cc2N(C=O)C2CCN(CC(F)(F)C(F)F)CC2)nc1. The maximum Gasteiger partial charge on any atom is 0.319 e. The average Bonchev–Trinajstić information content (AvgIpc) is 3.58. The molecule has 0 bridgehead atoms. The summed E-state index contributed by atoms with van der Waals surface area (Å²) in [4.78, 5) is 24.6. The van der Waals surface area contributed by atoms with Crippen LogP contribution < -0.4 is 9.80 Å². The van der Waals surface area contributed by atoms with Crippen LogP contribution in [-0.2, 0) is 16.1 Å². The van der Waals surface area contributed by atoms with Crippen molar-refractivity contribution in [2.45, 2.75) is 44.2 Å². The highest BCUT2D eigenvalue weighted by molar-refractivity contribution is 5.98. The first kappa shape index (κ1) is 36.3. The van der Waals surface area contributed by atoms with E-state index in [4.69, 9.17) is 4.74 Å². The van der Waals surface area contributed by atoms with Gasteiger partial charge < -0.3 is 19.5 Å². The number of alkyl halides is 6. The van der Waals surface area contributed by atoms with Gasteiger partial charge in [0.05, 0.1) is 35.7 Å². The molecule has 1 fully saturated rings. The minimum absolute atomic E-state index is 0.0448. The fraction of sp³-hybridized carbons (Fsp3) is 0.353. The number of carbonyl (C=O) groups is 1. The number of hydrogen-bond acceptors (Lipinski definition) is 7. The van der Waals surface area contributed by atoms with Gasteiger partial charge in [-0.05, 0) is 54.8 Å². The molecule has 0 spiro atoms. The fourth-order valence-corrected chi connectivity index (χ4v) is 6.00. The molecule has 9 nitrogen and oxygen atoms in total. The second kappa shape index (κ2) is 15.7. The van der Waals surface area contributed by atoms with Crippen molar-refractivity contribution in [2.24, 2.45) is 10.2 Å². The molecular formula is C34H34F7N7O2. The highest BCUT2D eigenvalue weighted by Crippen LogP contribution is 2.40. The summed E-state index contributed by atoms with van der Waals surface area (Å²) in [7, 11) is 1.67. The summed E-state index contributed by atoms with van der Waals surface area (Å²) in [5, 5.41) is 7.74. The number of rotatable bonds is 14. The Morgan fingerprint density at radius 1 is 1.12 bits per heavy atom. The van der Waals surface area contributed by atoms with Gasteiger partial charge >= 0.3 is 12.3 Å². The van der Waals surface area contributed by atoms with Crippen LogP contribution in [0, 0.1) is 5.82 Å². The van der Waals surface area contributed by atoms with Crippen LogP contribution in [-0.4, -0.2) is 92.0 Å². The molecule has 50 heavy (non-hydrogen) atoms. The molecule has 1 aliphatic rings. The molecule has 0 unspecified atom stereocenters. The molecule has 0 aliphatic carbocycles. The van der Waals surface area contributed by atoms with Crippen molar-refractivity contribution in [3.05, 3.63) is 78.0 Å². The standard InChI is InChI=1S/C34H34F7N7O2/c1-42-45-32(50-18-31(36)37)21-6-7-22(44-16-21)17-46(2)29-15-27(35)26(24-4-3-5-28-25(24)8-11-43-28)14-30(29)48(20-49)23-9-12-47(13-10-23)19-34(40,41)33(38)39/h3-8,11,14-16,20,23,31,33,43H,1,9-10,12-13,17-19H2,2H3/b45-32-. The van der Waals surface area contributed by atoms with Gasteiger partial charge in [-0.25, -0.2) is 22.0 Å². The van der Waals surface area contributed by atoms with Gasteiger partial charge in [0.1, 0.15) is 5.82 Å². The Bertz CT molecular complexity index is 1810. The Morgan fingerprint density at radius 3 is 2.52 bits per heavy atom. The molecule has 5 rings (SSSR count). The maximum absolute atomic E-state index is 16.1. The lowest BCUT2D eigenvalue weighted by Crippen LogP contribution is -2.49. The molecule has 2 aromatic carbocycles. The number of anilines is 2. The number of ether oxygens (including phenoxy) is 1. The number of pyridine rings is 1. The first-order chi connectivity index (χ1) is 23.9. The number of likely N-dealkylation sites (tertiary alicyclic amines) is 1. The summed E-state index contributed by atoms with van der Waals surface area (Å²) >= 11 is 0. The first-order valence-electron chi connectivity index (χ1n) is 15.5. The van der Waals surface area contributed by atoms with Crippen LogP contribution in [0.2, 0.25) is 0 Å². The number of benzene rings is 2. The molecule has 1 saturated heterocycles. The van der Waals surface area contributed by atoms with Gasteiger partial charge in [0, 0.05) is 61.8 Å². The maximum atomic E-state index is 16.1. The van der Waals surface area contributed by atoms with Crippen molar-refractivity contribution in [2.75, 3.05) is 43.1 Å². The normalized spacial score (nSPS) is 14.8. The van der Waals surface area contributed by atoms with Crippen molar-refractivity contribution in [1.82, 2.24) is 14.9 Å². The Kier molecular flexibility index (Phi) is 11.4. The van der Waals surface area contributed by atoms with Gasteiger partial charge in [0.15, 0.2) is 6.61 Å². The zero-order chi connectivity index (χ0) is 36.0. The van der Waals surface area contributed by atoms with Crippen molar-refractivity contribution in [1.29, 1.82) is 0 Å². The van der Waals surface area contributed by atoms with Crippen molar-refractivity contribution < 1.29 is 40.3 Å². The molecule has 16 heteroatoms. The third-order valence-electron chi connectivity index (χ3n) is 8.43. The number of H-pyrrole nitrogens is 1. The van der Waals surface area contributed by atoms with Crippen LogP contribution in [0.5, 0.6) is 0 Å². The minimum atomic E-state index is -4.17. The molecule has 0 saturated carbocycles. The van der Waals surface area contributed by atoms with Crippen LogP contribution in [0.3, 0.4) is 0 Å². The lowest BCUT2D eigenvalue weighted by atomic mass is 9.97. The Morgan fingerprint density at radius 2 is 1.88 bits per heavy atom. The smallest absolute Gasteiger partial charge is 0.319 e. The Hall–Kier alpha value is -4.99. The number of nitrogens with zero attached hydrogens (tertiary/aromatic N) is 6. The number of halogens is 7. The van der Waals surface area contributed by atoms with Crippen LogP contribution >= 0.6 is 0 Å². The summed E-state index contributed by atoms with van der Waals surface area (Å²) in [6, 6.07) is 12.7. The van der Waals surface area contributed by atoms with Crippen molar-refractivity contribution in [3.8, 4) is 11.1 Å². The van der Waals surface area contributed by atoms with Gasteiger partial charge in [0.25, 0.3) is 6.43 Å². The van der Waals surface area contributed by atoms with Gasteiger partial charge in [-0.15, -0.1) is 5.10 Å². The molecule has 266 valence electrons. The Labute approximate surface area is 283 Å². The third-order valence-corrected chi connectivity index (χ3v) is 8.43. The minimum Gasteiger partial charge on any atom is -0.470 e. The lowest BCUT2D eigenvalue weighted by molar-refractivity contribution is -0.143. The van der Waals surface area contributed by atoms with E-state index in [2.05, 4.69) is 26.9 Å². The predicted molar refractivity (Wildman–Crippen MR) is 177 cm³/mol. The summed E-state index contributed by atoms with van der Waals surface area (Å²) < 4.78 is 99.7. The monoisotopic (exact) mass is 705 g/mol. The van der Waals surface area contributed by atoms with E-state index in [1.54, 1.807) is 48.5 Å². The molecule has 4 aromatic rings. The molecule has 1 aliphatic heterocycles. The third kappa shape index (κ3) is 8.23. The zero-order valence-corrected chi connectivity index (χ0v) is 26.9. The van der Waals surface area contributed by atoms with Crippen LogP contribution in [0.15, 0.2) is 71.1 Å². The molecule has 2 aromatic heterocycles. The number of piperidine rings is 1. The summed E-state index contributed by atoms with van der Waals surface area (Å²) in [5.74, 6) is -4.94. The molecule has 3 heterocycles. The largest absolute Gasteiger partial charge is 0.470 e. The van der Waals surface area contributed by atoms with E-state index in [1.807, 2.05) is 6.07 Å². The van der Waals surface area contributed by atoms with E-state index >= 15 is 4.39 Å². The van der Waals surface area contributed by atoms with Crippen molar-refractivity contribution >= 4 is 41.3 Å². The zero-order valence-electron chi connectivity index (χ0n) is 26.9. The number of hydrogen-bond donors (Lipinski definition) is 1. The number of carbonyl (C=O) groups excluding carboxylic acids is 1. The quantitative estimate of drug-likeness (QED) is 0.0503. The van der Waals surface area contributed by atoms with E-state index < -0.39 is 43.8 Å². The predicted octanol–water partition coefficient (Wildman–Crippen LogP) is 6.98. The number of aromatic amines is 1. The summed E-state index contributed by atoms with van der Waals surface area (Å²) in [5.41, 5.74) is 2.97. The summed E-state index contributed by atoms with van der Waals surface area (Å²) in [6.45, 7) is 1.41.